The minimum atomic E-state index is -0.150. The Kier molecular flexibility index (Phi) is 6.71. The van der Waals surface area contributed by atoms with Gasteiger partial charge in [0.25, 0.3) is 0 Å². The number of nitrogens with one attached hydrogen (secondary N) is 2. The van der Waals surface area contributed by atoms with Gasteiger partial charge in [-0.05, 0) is 43.3 Å². The molecule has 25 heavy (non-hydrogen) atoms. The molecule has 2 N–H and O–H groups in total. The van der Waals surface area contributed by atoms with Gasteiger partial charge < -0.3 is 15.4 Å². The maximum absolute atomic E-state index is 12.5. The van der Waals surface area contributed by atoms with Crippen molar-refractivity contribution in [1.29, 1.82) is 0 Å². The first-order chi connectivity index (χ1) is 12.0. The molecule has 0 saturated carbocycles. The van der Waals surface area contributed by atoms with Gasteiger partial charge in [-0.25, -0.2) is 0 Å². The molecule has 5 nitrogen and oxygen atoms in total. The van der Waals surface area contributed by atoms with Gasteiger partial charge in [-0.15, -0.1) is 0 Å². The second kappa shape index (κ2) is 8.99. The van der Waals surface area contributed by atoms with Crippen LogP contribution in [0.5, 0.6) is 5.75 Å². The summed E-state index contributed by atoms with van der Waals surface area (Å²) in [7, 11) is 1.55. The fourth-order valence-corrected chi connectivity index (χ4v) is 2.56. The van der Waals surface area contributed by atoms with E-state index in [0.717, 1.165) is 17.8 Å². The van der Waals surface area contributed by atoms with Gasteiger partial charge in [0.1, 0.15) is 5.75 Å². The van der Waals surface area contributed by atoms with Gasteiger partial charge in [-0.1, -0.05) is 25.1 Å². The molecule has 0 saturated heterocycles. The minimum absolute atomic E-state index is 0.0414. The van der Waals surface area contributed by atoms with Crippen LogP contribution in [0.2, 0.25) is 0 Å². The number of ether oxygens (including phenoxy) is 1. The summed E-state index contributed by atoms with van der Waals surface area (Å²) in [5, 5.41) is 6.21. The number of amides is 1. The summed E-state index contributed by atoms with van der Waals surface area (Å²) in [4.78, 5) is 24.1. The van der Waals surface area contributed by atoms with Crippen LogP contribution in [0.4, 0.5) is 5.69 Å². The van der Waals surface area contributed by atoms with E-state index in [2.05, 4.69) is 10.6 Å². The highest BCUT2D eigenvalue weighted by atomic mass is 16.5. The van der Waals surface area contributed by atoms with Crippen molar-refractivity contribution in [1.82, 2.24) is 5.32 Å². The van der Waals surface area contributed by atoms with Crippen LogP contribution in [-0.2, 0) is 17.8 Å². The van der Waals surface area contributed by atoms with Crippen LogP contribution in [0.25, 0.3) is 0 Å². The number of ketones is 1. The lowest BCUT2D eigenvalue weighted by atomic mass is 10.0. The van der Waals surface area contributed by atoms with Gasteiger partial charge in [0.2, 0.25) is 5.91 Å². The highest BCUT2D eigenvalue weighted by Crippen LogP contribution is 2.22. The first-order valence-electron chi connectivity index (χ1n) is 8.31. The van der Waals surface area contributed by atoms with Crippen LogP contribution in [0.3, 0.4) is 0 Å². The standard InChI is InChI=1S/C20H24N2O3/c1-4-21-13-16-7-5-6-8-18(16)22-20(24)12-17-11-15(14(2)23)9-10-19(17)25-3/h5-11,21H,4,12-13H2,1-3H3,(H,22,24). The molecule has 2 aromatic carbocycles. The number of hydrogen-bond donors (Lipinski definition) is 2. The molecule has 0 heterocycles. The van der Waals surface area contributed by atoms with Crippen molar-refractivity contribution in [2.75, 3.05) is 19.0 Å². The summed E-state index contributed by atoms with van der Waals surface area (Å²) in [6.07, 6.45) is 0.139. The van der Waals surface area contributed by atoms with E-state index >= 15 is 0 Å². The molecule has 5 heteroatoms. The minimum Gasteiger partial charge on any atom is -0.496 e. The molecule has 2 rings (SSSR count). The molecule has 0 aromatic heterocycles. The lowest BCUT2D eigenvalue weighted by molar-refractivity contribution is -0.115. The fraction of sp³-hybridized carbons (Fsp3) is 0.300. The lowest BCUT2D eigenvalue weighted by Crippen LogP contribution is -2.18. The van der Waals surface area contributed by atoms with E-state index < -0.39 is 0 Å². The van der Waals surface area contributed by atoms with Crippen molar-refractivity contribution in [2.24, 2.45) is 0 Å². The van der Waals surface area contributed by atoms with Gasteiger partial charge in [-0.2, -0.15) is 0 Å². The molecule has 2 aromatic rings. The van der Waals surface area contributed by atoms with E-state index in [1.165, 1.54) is 6.92 Å². The summed E-state index contributed by atoms with van der Waals surface area (Å²) in [6, 6.07) is 12.8. The van der Waals surface area contributed by atoms with E-state index in [0.29, 0.717) is 23.4 Å². The molecule has 0 fully saturated rings. The zero-order chi connectivity index (χ0) is 18.2. The molecule has 0 aliphatic carbocycles. The molecule has 0 aliphatic rings. The van der Waals surface area contributed by atoms with Gasteiger partial charge in [0.05, 0.1) is 13.5 Å². The van der Waals surface area contributed by atoms with Crippen LogP contribution < -0.4 is 15.4 Å². The third-order valence-electron chi connectivity index (χ3n) is 3.89. The topological polar surface area (TPSA) is 67.4 Å². The Hall–Kier alpha value is -2.66. The molecule has 0 atom stereocenters. The van der Waals surface area contributed by atoms with Crippen molar-refractivity contribution in [3.63, 3.8) is 0 Å². The Morgan fingerprint density at radius 3 is 2.52 bits per heavy atom. The normalized spacial score (nSPS) is 10.4. The maximum Gasteiger partial charge on any atom is 0.228 e. The van der Waals surface area contributed by atoms with E-state index in [1.54, 1.807) is 25.3 Å². The third kappa shape index (κ3) is 5.16. The van der Waals surface area contributed by atoms with Gasteiger partial charge in [-0.3, -0.25) is 9.59 Å². The van der Waals surface area contributed by atoms with Crippen molar-refractivity contribution in [2.45, 2.75) is 26.8 Å². The first kappa shape index (κ1) is 18.7. The Bertz CT molecular complexity index is 756. The van der Waals surface area contributed by atoms with E-state index in [9.17, 15) is 9.59 Å². The predicted octanol–water partition coefficient (Wildman–Crippen LogP) is 3.19. The summed E-state index contributed by atoms with van der Waals surface area (Å²) in [5.41, 5.74) is 3.07. The number of rotatable bonds is 8. The fourth-order valence-electron chi connectivity index (χ4n) is 2.56. The SMILES string of the molecule is CCNCc1ccccc1NC(=O)Cc1cc(C(C)=O)ccc1OC. The molecule has 0 bridgehead atoms. The van der Waals surface area contributed by atoms with Gasteiger partial charge >= 0.3 is 0 Å². The molecular weight excluding hydrogens is 316 g/mol. The maximum atomic E-state index is 12.5. The second-order valence-corrected chi connectivity index (χ2v) is 5.75. The molecule has 0 radical (unpaired) electrons. The van der Waals surface area contributed by atoms with Crippen LogP contribution >= 0.6 is 0 Å². The second-order valence-electron chi connectivity index (χ2n) is 5.75. The zero-order valence-corrected chi connectivity index (χ0v) is 14.9. The molecular formula is C20H24N2O3. The predicted molar refractivity (Wildman–Crippen MR) is 99.2 cm³/mol. The van der Waals surface area contributed by atoms with E-state index in [4.69, 9.17) is 4.74 Å². The summed E-state index contributed by atoms with van der Waals surface area (Å²) in [6.45, 7) is 5.09. The number of Topliss-reactive ketones (excluding diaryl/α,β-unsaturated/α-hetero) is 1. The number of methoxy groups -OCH3 is 1. The van der Waals surface area contributed by atoms with Crippen LogP contribution in [0.15, 0.2) is 42.5 Å². The van der Waals surface area contributed by atoms with Crippen LogP contribution in [0.1, 0.15) is 35.3 Å². The third-order valence-corrected chi connectivity index (χ3v) is 3.89. The van der Waals surface area contributed by atoms with E-state index in [1.807, 2.05) is 31.2 Å². The Balaban J connectivity index is 2.15. The molecule has 0 aliphatic heterocycles. The molecule has 132 valence electrons. The first-order valence-corrected chi connectivity index (χ1v) is 8.31. The average Bonchev–Trinajstić information content (AvgIpc) is 2.60. The van der Waals surface area contributed by atoms with Gasteiger partial charge in [0, 0.05) is 23.4 Å². The number of para-hydroxylation sites is 1. The average molecular weight is 340 g/mol. The summed E-state index contributed by atoms with van der Waals surface area (Å²) in [5.74, 6) is 0.407. The highest BCUT2D eigenvalue weighted by molar-refractivity contribution is 5.96. The monoisotopic (exact) mass is 340 g/mol. The van der Waals surface area contributed by atoms with Crippen molar-refractivity contribution >= 4 is 17.4 Å². The summed E-state index contributed by atoms with van der Waals surface area (Å²) < 4.78 is 5.31. The van der Waals surface area contributed by atoms with Crippen molar-refractivity contribution < 1.29 is 14.3 Å². The largest absolute Gasteiger partial charge is 0.496 e. The highest BCUT2D eigenvalue weighted by Gasteiger charge is 2.13. The Morgan fingerprint density at radius 1 is 1.08 bits per heavy atom. The molecule has 1 amide bonds. The number of benzene rings is 2. The number of carbonyl (C=O) groups is 2. The van der Waals surface area contributed by atoms with Crippen LogP contribution in [-0.4, -0.2) is 25.3 Å². The van der Waals surface area contributed by atoms with Gasteiger partial charge in [0.15, 0.2) is 5.78 Å². The Morgan fingerprint density at radius 2 is 1.84 bits per heavy atom. The van der Waals surface area contributed by atoms with Crippen molar-refractivity contribution in [3.05, 3.63) is 59.2 Å². The Labute approximate surface area is 148 Å². The summed E-state index contributed by atoms with van der Waals surface area (Å²) >= 11 is 0. The number of carbonyl (C=O) groups excluding carboxylic acids is 2. The molecule has 0 unspecified atom stereocenters. The zero-order valence-electron chi connectivity index (χ0n) is 14.9. The molecule has 0 spiro atoms. The lowest BCUT2D eigenvalue weighted by Gasteiger charge is -2.13. The number of hydrogen-bond acceptors (Lipinski definition) is 4. The smallest absolute Gasteiger partial charge is 0.228 e. The quantitative estimate of drug-likeness (QED) is 0.724. The van der Waals surface area contributed by atoms with E-state index in [-0.39, 0.29) is 18.1 Å². The van der Waals surface area contributed by atoms with Crippen molar-refractivity contribution in [3.8, 4) is 5.75 Å². The van der Waals surface area contributed by atoms with Crippen LogP contribution in [0, 0.1) is 0 Å². The number of anilines is 1.